The number of rotatable bonds is 10. The zero-order valence-electron chi connectivity index (χ0n) is 22.9. The van der Waals surface area contributed by atoms with Gasteiger partial charge in [0.1, 0.15) is 0 Å². The van der Waals surface area contributed by atoms with E-state index in [1.165, 1.54) is 7.11 Å². The quantitative estimate of drug-likeness (QED) is 0.151. The molecule has 0 aromatic heterocycles. The van der Waals surface area contributed by atoms with Gasteiger partial charge in [-0.05, 0) is 58.2 Å². The summed E-state index contributed by atoms with van der Waals surface area (Å²) >= 11 is 0. The Morgan fingerprint density at radius 1 is 0.700 bits per heavy atom. The second kappa shape index (κ2) is 13.2. The average Bonchev–Trinajstić information content (AvgIpc) is 3.02. The minimum Gasteiger partial charge on any atom is -0.493 e. The number of amides is 1. The second-order valence-corrected chi connectivity index (χ2v) is 8.83. The molecule has 7 heteroatoms. The van der Waals surface area contributed by atoms with Gasteiger partial charge in [-0.3, -0.25) is 4.79 Å². The Bertz CT molecular complexity index is 1470. The van der Waals surface area contributed by atoms with Gasteiger partial charge in [-0.1, -0.05) is 66.7 Å². The van der Waals surface area contributed by atoms with Crippen molar-refractivity contribution in [3.05, 3.63) is 113 Å². The molecule has 7 nitrogen and oxygen atoms in total. The molecule has 0 radical (unpaired) electrons. The van der Waals surface area contributed by atoms with Crippen LogP contribution >= 0.6 is 0 Å². The molecule has 0 aliphatic carbocycles. The zero-order chi connectivity index (χ0) is 28.5. The molecule has 1 amide bonds. The highest BCUT2D eigenvalue weighted by molar-refractivity contribution is 6.24. The number of ether oxygens (including phenoxy) is 4. The Morgan fingerprint density at radius 3 is 1.82 bits per heavy atom. The van der Waals surface area contributed by atoms with Crippen LogP contribution in [-0.2, 0) is 16.1 Å². The van der Waals surface area contributed by atoms with Crippen molar-refractivity contribution < 1.29 is 28.5 Å². The number of methoxy groups -OCH3 is 4. The highest BCUT2D eigenvalue weighted by Crippen LogP contribution is 2.39. The van der Waals surface area contributed by atoms with Crippen LogP contribution in [0.2, 0.25) is 0 Å². The fraction of sp³-hybridized carbons (Fsp3) is 0.152. The number of carbonyl (C=O) groups is 2. The Hall–Kier alpha value is -5.04. The van der Waals surface area contributed by atoms with Crippen LogP contribution in [-0.4, -0.2) is 40.3 Å². The Labute approximate surface area is 234 Å². The van der Waals surface area contributed by atoms with E-state index < -0.39 is 5.97 Å². The summed E-state index contributed by atoms with van der Waals surface area (Å²) in [4.78, 5) is 25.3. The number of hydrogen-bond acceptors (Lipinski definition) is 6. The minimum atomic E-state index is -0.412. The summed E-state index contributed by atoms with van der Waals surface area (Å²) in [6.07, 6.45) is 1.79. The number of hydrogen-bond donors (Lipinski definition) is 1. The van der Waals surface area contributed by atoms with Crippen molar-refractivity contribution in [2.45, 2.75) is 6.54 Å². The lowest BCUT2D eigenvalue weighted by Gasteiger charge is -2.14. The third-order valence-electron chi connectivity index (χ3n) is 6.37. The first-order valence-electron chi connectivity index (χ1n) is 12.6. The maximum Gasteiger partial charge on any atom is 0.337 e. The van der Waals surface area contributed by atoms with Crippen LogP contribution in [0.1, 0.15) is 27.0 Å². The molecule has 204 valence electrons. The SMILES string of the molecule is COC(=O)c1ccc(CNC(=O)C(=Cc2cc(OC)c(OC)c(OC)c2)c2ccc(-c3ccccc3)cc2)cc1. The van der Waals surface area contributed by atoms with E-state index in [-0.39, 0.29) is 12.5 Å². The van der Waals surface area contributed by atoms with Gasteiger partial charge in [-0.2, -0.15) is 0 Å². The molecule has 0 spiro atoms. The summed E-state index contributed by atoms with van der Waals surface area (Å²) in [6.45, 7) is 0.273. The molecule has 0 atom stereocenters. The van der Waals surface area contributed by atoms with Crippen molar-refractivity contribution in [3.63, 3.8) is 0 Å². The smallest absolute Gasteiger partial charge is 0.337 e. The van der Waals surface area contributed by atoms with Gasteiger partial charge in [0.05, 0.1) is 34.0 Å². The molecular formula is C33H31NO6. The monoisotopic (exact) mass is 537 g/mol. The van der Waals surface area contributed by atoms with Gasteiger partial charge in [0.15, 0.2) is 11.5 Å². The topological polar surface area (TPSA) is 83.1 Å². The number of nitrogens with one attached hydrogen (secondary N) is 1. The van der Waals surface area contributed by atoms with Gasteiger partial charge in [0.2, 0.25) is 5.75 Å². The van der Waals surface area contributed by atoms with Gasteiger partial charge < -0.3 is 24.3 Å². The van der Waals surface area contributed by atoms with Crippen LogP contribution in [0.4, 0.5) is 0 Å². The van der Waals surface area contributed by atoms with Crippen molar-refractivity contribution in [2.24, 2.45) is 0 Å². The van der Waals surface area contributed by atoms with Crippen LogP contribution in [0.25, 0.3) is 22.8 Å². The fourth-order valence-corrected chi connectivity index (χ4v) is 4.26. The largest absolute Gasteiger partial charge is 0.493 e. The summed E-state index contributed by atoms with van der Waals surface area (Å²) in [5.74, 6) is 0.759. The van der Waals surface area contributed by atoms with Crippen LogP contribution in [0, 0.1) is 0 Å². The van der Waals surface area contributed by atoms with Crippen molar-refractivity contribution in [3.8, 4) is 28.4 Å². The highest BCUT2D eigenvalue weighted by atomic mass is 16.5. The van der Waals surface area contributed by atoms with Gasteiger partial charge in [0.25, 0.3) is 5.91 Å². The predicted molar refractivity (Wildman–Crippen MR) is 155 cm³/mol. The van der Waals surface area contributed by atoms with Crippen LogP contribution < -0.4 is 19.5 Å². The summed E-state index contributed by atoms with van der Waals surface area (Å²) in [5.41, 5.74) is 5.32. The lowest BCUT2D eigenvalue weighted by Crippen LogP contribution is -2.24. The highest BCUT2D eigenvalue weighted by Gasteiger charge is 2.17. The first-order chi connectivity index (χ1) is 19.5. The molecule has 0 unspecified atom stereocenters. The van der Waals surface area contributed by atoms with E-state index in [1.807, 2.05) is 54.6 Å². The van der Waals surface area contributed by atoms with E-state index >= 15 is 0 Å². The fourth-order valence-electron chi connectivity index (χ4n) is 4.26. The number of carbonyl (C=O) groups excluding carboxylic acids is 2. The molecule has 4 aromatic carbocycles. The summed E-state index contributed by atoms with van der Waals surface area (Å²) in [6, 6.07) is 28.4. The second-order valence-electron chi connectivity index (χ2n) is 8.83. The maximum atomic E-state index is 13.6. The van der Waals surface area contributed by atoms with E-state index in [1.54, 1.807) is 63.8 Å². The lowest BCUT2D eigenvalue weighted by atomic mass is 9.98. The van der Waals surface area contributed by atoms with Crippen LogP contribution in [0.3, 0.4) is 0 Å². The summed E-state index contributed by atoms with van der Waals surface area (Å²) in [5, 5.41) is 3.00. The average molecular weight is 538 g/mol. The normalized spacial score (nSPS) is 10.9. The third kappa shape index (κ3) is 6.50. The predicted octanol–water partition coefficient (Wildman–Crippen LogP) is 6.02. The minimum absolute atomic E-state index is 0.266. The van der Waals surface area contributed by atoms with Gasteiger partial charge in [-0.15, -0.1) is 0 Å². The first kappa shape index (κ1) is 28.0. The number of benzene rings is 4. The molecule has 40 heavy (non-hydrogen) atoms. The van der Waals surface area contributed by atoms with E-state index in [0.717, 1.165) is 22.3 Å². The molecule has 1 N–H and O–H groups in total. The van der Waals surface area contributed by atoms with Crippen molar-refractivity contribution >= 4 is 23.5 Å². The van der Waals surface area contributed by atoms with Crippen molar-refractivity contribution in [1.29, 1.82) is 0 Å². The van der Waals surface area contributed by atoms with Crippen molar-refractivity contribution in [1.82, 2.24) is 5.32 Å². The van der Waals surface area contributed by atoms with Gasteiger partial charge in [-0.25, -0.2) is 4.79 Å². The number of esters is 1. The third-order valence-corrected chi connectivity index (χ3v) is 6.37. The molecule has 0 saturated heterocycles. The van der Waals surface area contributed by atoms with E-state index in [2.05, 4.69) is 5.32 Å². The van der Waals surface area contributed by atoms with Crippen molar-refractivity contribution in [2.75, 3.05) is 28.4 Å². The molecule has 4 aromatic rings. The van der Waals surface area contributed by atoms with Gasteiger partial charge in [0, 0.05) is 12.1 Å². The molecule has 0 aliphatic rings. The summed E-state index contributed by atoms with van der Waals surface area (Å²) in [7, 11) is 5.98. The van der Waals surface area contributed by atoms with E-state index in [4.69, 9.17) is 18.9 Å². The Morgan fingerprint density at radius 2 is 1.27 bits per heavy atom. The Kier molecular flexibility index (Phi) is 9.20. The van der Waals surface area contributed by atoms with E-state index in [0.29, 0.717) is 33.9 Å². The molecule has 0 heterocycles. The standard InChI is InChI=1S/C33H31NO6/c1-37-29-19-23(20-30(38-2)31(29)39-3)18-28(26-16-14-25(15-17-26)24-8-6-5-7-9-24)32(35)34-21-22-10-12-27(13-11-22)33(36)40-4/h5-20H,21H2,1-4H3,(H,34,35). The van der Waals surface area contributed by atoms with Gasteiger partial charge >= 0.3 is 5.97 Å². The molecule has 0 aliphatic heterocycles. The molecule has 0 bridgehead atoms. The molecule has 0 saturated carbocycles. The maximum absolute atomic E-state index is 13.6. The van der Waals surface area contributed by atoms with Crippen LogP contribution in [0.15, 0.2) is 91.0 Å². The molecule has 4 rings (SSSR count). The molecule has 0 fully saturated rings. The van der Waals surface area contributed by atoms with Crippen LogP contribution in [0.5, 0.6) is 17.2 Å². The first-order valence-corrected chi connectivity index (χ1v) is 12.6. The Balaban J connectivity index is 1.68. The lowest BCUT2D eigenvalue weighted by molar-refractivity contribution is -0.115. The zero-order valence-corrected chi connectivity index (χ0v) is 22.9. The molecular weight excluding hydrogens is 506 g/mol. The van der Waals surface area contributed by atoms with E-state index in [9.17, 15) is 9.59 Å². The summed E-state index contributed by atoms with van der Waals surface area (Å²) < 4.78 is 21.2.